The molecule has 17 heavy (non-hydrogen) atoms. The largest absolute Gasteiger partial charge is 0.367 e. The number of benzene rings is 1. The van der Waals surface area contributed by atoms with Crippen LogP contribution >= 0.6 is 15.9 Å². The molecule has 0 fully saturated rings. The predicted molar refractivity (Wildman–Crippen MR) is 75.8 cm³/mol. The van der Waals surface area contributed by atoms with E-state index in [-0.39, 0.29) is 5.54 Å². The first-order valence-corrected chi connectivity index (χ1v) is 6.68. The van der Waals surface area contributed by atoms with Crippen molar-refractivity contribution in [1.82, 2.24) is 10.2 Å². The van der Waals surface area contributed by atoms with Crippen molar-refractivity contribution in [1.29, 1.82) is 0 Å². The van der Waals surface area contributed by atoms with Gasteiger partial charge in [-0.1, -0.05) is 34.1 Å². The Morgan fingerprint density at radius 2 is 2.00 bits per heavy atom. The summed E-state index contributed by atoms with van der Waals surface area (Å²) in [6.45, 7) is 4.38. The molecular weight excluding hydrogens is 278 g/mol. The zero-order valence-corrected chi connectivity index (χ0v) is 11.9. The van der Waals surface area contributed by atoms with E-state index in [9.17, 15) is 0 Å². The van der Waals surface area contributed by atoms with Gasteiger partial charge in [-0.15, -0.1) is 0 Å². The van der Waals surface area contributed by atoms with Gasteiger partial charge in [0.05, 0.1) is 17.4 Å². The fraction of sp³-hybridized carbons (Fsp3) is 0.385. The molecule has 0 atom stereocenters. The maximum Gasteiger partial charge on any atom is 0.0950 e. The Labute approximate surface area is 110 Å². The fourth-order valence-electron chi connectivity index (χ4n) is 1.68. The van der Waals surface area contributed by atoms with Crippen molar-refractivity contribution in [3.63, 3.8) is 0 Å². The van der Waals surface area contributed by atoms with E-state index in [1.54, 1.807) is 0 Å². The van der Waals surface area contributed by atoms with Gasteiger partial charge in [-0.25, -0.2) is 0 Å². The average Bonchev–Trinajstić information content (AvgIpc) is 2.37. The Morgan fingerprint density at radius 1 is 1.29 bits per heavy atom. The van der Waals surface area contributed by atoms with Crippen molar-refractivity contribution in [3.8, 4) is 0 Å². The Bertz CT molecular complexity index is 520. The first-order valence-electron chi connectivity index (χ1n) is 5.56. The number of halogens is 1. The molecule has 4 heteroatoms. The molecule has 1 aromatic heterocycles. The van der Waals surface area contributed by atoms with Crippen molar-refractivity contribution in [2.24, 2.45) is 0 Å². The first kappa shape index (κ1) is 12.3. The second-order valence-corrected chi connectivity index (χ2v) is 5.31. The van der Waals surface area contributed by atoms with Crippen LogP contribution in [-0.4, -0.2) is 28.1 Å². The Morgan fingerprint density at radius 3 is 2.71 bits per heavy atom. The van der Waals surface area contributed by atoms with E-state index < -0.39 is 0 Å². The third kappa shape index (κ3) is 2.27. The molecule has 0 N–H and O–H groups in total. The number of nitrogens with zero attached hydrogens (tertiary/aromatic N) is 3. The first-order chi connectivity index (χ1) is 8.06. The minimum absolute atomic E-state index is 0.0335. The summed E-state index contributed by atoms with van der Waals surface area (Å²) in [7, 11) is 2.09. The molecule has 0 bridgehead atoms. The maximum atomic E-state index is 4.14. The van der Waals surface area contributed by atoms with E-state index in [1.807, 2.05) is 24.4 Å². The minimum Gasteiger partial charge on any atom is -0.367 e. The van der Waals surface area contributed by atoms with E-state index in [2.05, 4.69) is 58.0 Å². The molecule has 90 valence electrons. The van der Waals surface area contributed by atoms with E-state index in [4.69, 9.17) is 0 Å². The van der Waals surface area contributed by atoms with E-state index in [0.29, 0.717) is 0 Å². The smallest absolute Gasteiger partial charge is 0.0950 e. The molecule has 2 aromatic rings. The van der Waals surface area contributed by atoms with Gasteiger partial charge in [0.2, 0.25) is 0 Å². The minimum atomic E-state index is 0.0335. The highest BCUT2D eigenvalue weighted by molar-refractivity contribution is 9.09. The standard InChI is InChI=1S/C13H16BrN3/c1-13(2,9-14)17(3)12-8-15-16-11-7-5-4-6-10(11)12/h4-8H,9H2,1-3H3. The molecule has 0 aliphatic rings. The van der Waals surface area contributed by atoms with E-state index in [0.717, 1.165) is 21.9 Å². The highest BCUT2D eigenvalue weighted by Crippen LogP contribution is 2.29. The summed E-state index contributed by atoms with van der Waals surface area (Å²) in [5.41, 5.74) is 2.08. The van der Waals surface area contributed by atoms with Crippen LogP contribution in [0.15, 0.2) is 30.5 Å². The van der Waals surface area contributed by atoms with Crippen molar-refractivity contribution >= 4 is 32.5 Å². The summed E-state index contributed by atoms with van der Waals surface area (Å²) in [5, 5.41) is 10.3. The van der Waals surface area contributed by atoms with Crippen LogP contribution in [-0.2, 0) is 0 Å². The third-order valence-corrected chi connectivity index (χ3v) is 4.49. The highest BCUT2D eigenvalue weighted by Gasteiger charge is 2.23. The number of aromatic nitrogens is 2. The average molecular weight is 294 g/mol. The summed E-state index contributed by atoms with van der Waals surface area (Å²) in [4.78, 5) is 2.23. The second kappa shape index (κ2) is 4.61. The molecular formula is C13H16BrN3. The van der Waals surface area contributed by atoms with Gasteiger partial charge < -0.3 is 4.90 Å². The summed E-state index contributed by atoms with van der Waals surface area (Å²) in [5.74, 6) is 0. The monoisotopic (exact) mass is 293 g/mol. The molecule has 0 saturated carbocycles. The Hall–Kier alpha value is -1.16. The molecule has 1 aromatic carbocycles. The van der Waals surface area contributed by atoms with Gasteiger partial charge in [-0.05, 0) is 19.9 Å². The van der Waals surface area contributed by atoms with Crippen molar-refractivity contribution in [3.05, 3.63) is 30.5 Å². The highest BCUT2D eigenvalue weighted by atomic mass is 79.9. The van der Waals surface area contributed by atoms with Crippen LogP contribution < -0.4 is 4.90 Å². The Balaban J connectivity index is 2.56. The molecule has 1 heterocycles. The van der Waals surface area contributed by atoms with Gasteiger partial charge in [0.1, 0.15) is 0 Å². The van der Waals surface area contributed by atoms with Gasteiger partial charge in [0.15, 0.2) is 0 Å². The molecule has 0 saturated heterocycles. The van der Waals surface area contributed by atoms with Crippen LogP contribution in [0.4, 0.5) is 5.69 Å². The van der Waals surface area contributed by atoms with Gasteiger partial charge in [0.25, 0.3) is 0 Å². The molecule has 0 unspecified atom stereocenters. The van der Waals surface area contributed by atoms with Gasteiger partial charge in [-0.2, -0.15) is 10.2 Å². The zero-order valence-electron chi connectivity index (χ0n) is 10.3. The molecule has 2 rings (SSSR count). The van der Waals surface area contributed by atoms with Gasteiger partial charge in [0, 0.05) is 23.3 Å². The number of anilines is 1. The number of hydrogen-bond donors (Lipinski definition) is 0. The maximum absolute atomic E-state index is 4.14. The van der Waals surface area contributed by atoms with Crippen LogP contribution in [0.5, 0.6) is 0 Å². The summed E-state index contributed by atoms with van der Waals surface area (Å²) < 4.78 is 0. The topological polar surface area (TPSA) is 29.0 Å². The summed E-state index contributed by atoms with van der Waals surface area (Å²) in [6.07, 6.45) is 1.83. The Kier molecular flexibility index (Phi) is 3.33. The predicted octanol–water partition coefficient (Wildman–Crippen LogP) is 3.24. The molecule has 3 nitrogen and oxygen atoms in total. The van der Waals surface area contributed by atoms with Crippen molar-refractivity contribution in [2.45, 2.75) is 19.4 Å². The zero-order chi connectivity index (χ0) is 12.5. The number of alkyl halides is 1. The lowest BCUT2D eigenvalue weighted by molar-refractivity contribution is 0.552. The molecule has 0 amide bonds. The fourth-order valence-corrected chi connectivity index (χ4v) is 2.05. The van der Waals surface area contributed by atoms with Gasteiger partial charge >= 0.3 is 0 Å². The van der Waals surface area contributed by atoms with Crippen LogP contribution in [0, 0.1) is 0 Å². The number of hydrogen-bond acceptors (Lipinski definition) is 3. The van der Waals surface area contributed by atoms with Crippen molar-refractivity contribution < 1.29 is 0 Å². The van der Waals surface area contributed by atoms with Gasteiger partial charge in [-0.3, -0.25) is 0 Å². The molecule has 0 aliphatic heterocycles. The van der Waals surface area contributed by atoms with Crippen molar-refractivity contribution in [2.75, 3.05) is 17.3 Å². The van der Waals surface area contributed by atoms with E-state index >= 15 is 0 Å². The number of rotatable bonds is 3. The summed E-state index contributed by atoms with van der Waals surface area (Å²) >= 11 is 3.56. The van der Waals surface area contributed by atoms with Crippen LogP contribution in [0.25, 0.3) is 10.9 Å². The van der Waals surface area contributed by atoms with Crippen LogP contribution in [0.3, 0.4) is 0 Å². The SMILES string of the molecule is CN(c1cnnc2ccccc12)C(C)(C)CBr. The van der Waals surface area contributed by atoms with Crippen LogP contribution in [0.2, 0.25) is 0 Å². The molecule has 0 spiro atoms. The lowest BCUT2D eigenvalue weighted by atomic mass is 10.0. The quantitative estimate of drug-likeness (QED) is 0.814. The van der Waals surface area contributed by atoms with Crippen LogP contribution in [0.1, 0.15) is 13.8 Å². The number of fused-ring (bicyclic) bond motifs is 1. The lowest BCUT2D eigenvalue weighted by Gasteiger charge is -2.36. The molecule has 0 aliphatic carbocycles. The summed E-state index contributed by atoms with van der Waals surface area (Å²) in [6, 6.07) is 8.08. The van der Waals surface area contributed by atoms with E-state index in [1.165, 1.54) is 0 Å². The lowest BCUT2D eigenvalue weighted by Crippen LogP contribution is -2.42. The molecule has 0 radical (unpaired) electrons. The second-order valence-electron chi connectivity index (χ2n) is 4.75. The normalized spacial score (nSPS) is 11.8. The third-order valence-electron chi connectivity index (χ3n) is 3.12.